The third-order valence-corrected chi connectivity index (χ3v) is 2.71. The van der Waals surface area contributed by atoms with Gasteiger partial charge in [-0.15, -0.1) is 0 Å². The molecule has 0 saturated carbocycles. The van der Waals surface area contributed by atoms with Gasteiger partial charge in [0.2, 0.25) is 0 Å². The number of benzene rings is 1. The summed E-state index contributed by atoms with van der Waals surface area (Å²) < 4.78 is 26.2. The van der Waals surface area contributed by atoms with E-state index < -0.39 is 17.7 Å². The number of hydrogen-bond donors (Lipinski definition) is 1. The van der Waals surface area contributed by atoms with Crippen LogP contribution in [0.1, 0.15) is 22.9 Å². The van der Waals surface area contributed by atoms with Crippen molar-refractivity contribution in [1.29, 1.82) is 0 Å². The van der Waals surface area contributed by atoms with Crippen LogP contribution in [0, 0.1) is 18.6 Å². The van der Waals surface area contributed by atoms with E-state index in [1.54, 1.807) is 12.3 Å². The normalized spacial score (nSPS) is 12.4. The van der Waals surface area contributed by atoms with Crippen molar-refractivity contribution in [3.8, 4) is 0 Å². The quantitative estimate of drug-likeness (QED) is 0.907. The maximum atomic E-state index is 13.4. The van der Waals surface area contributed by atoms with Crippen LogP contribution in [0.5, 0.6) is 0 Å². The van der Waals surface area contributed by atoms with E-state index in [2.05, 4.69) is 4.98 Å². The lowest BCUT2D eigenvalue weighted by Crippen LogP contribution is -2.06. The van der Waals surface area contributed by atoms with Gasteiger partial charge in [0.1, 0.15) is 17.7 Å². The monoisotopic (exact) mass is 249 g/mol. The molecule has 0 saturated heterocycles. The van der Waals surface area contributed by atoms with E-state index in [4.69, 9.17) is 0 Å². The zero-order chi connectivity index (χ0) is 13.1. The van der Waals surface area contributed by atoms with Crippen LogP contribution in [0.2, 0.25) is 0 Å². The first-order valence-electron chi connectivity index (χ1n) is 5.61. The number of halogens is 2. The molecule has 0 spiro atoms. The number of aliphatic hydroxyl groups excluding tert-OH is 1. The average molecular weight is 249 g/mol. The lowest BCUT2D eigenvalue weighted by molar-refractivity contribution is 0.172. The fourth-order valence-electron chi connectivity index (χ4n) is 1.74. The second kappa shape index (κ2) is 5.23. The van der Waals surface area contributed by atoms with E-state index in [1.165, 1.54) is 12.1 Å². The molecule has 2 rings (SSSR count). The smallest absolute Gasteiger partial charge is 0.129 e. The molecular formula is C14H13F2NO. The molecule has 1 atom stereocenters. The van der Waals surface area contributed by atoms with Gasteiger partial charge >= 0.3 is 0 Å². The molecule has 0 aliphatic carbocycles. The molecule has 0 aliphatic rings. The minimum Gasteiger partial charge on any atom is -0.386 e. The van der Waals surface area contributed by atoms with E-state index in [0.717, 1.165) is 11.6 Å². The Morgan fingerprint density at radius 1 is 1.22 bits per heavy atom. The molecule has 0 bridgehead atoms. The highest BCUT2D eigenvalue weighted by Crippen LogP contribution is 2.19. The van der Waals surface area contributed by atoms with Gasteiger partial charge in [0, 0.05) is 18.7 Å². The number of aromatic nitrogens is 1. The Balaban J connectivity index is 2.18. The van der Waals surface area contributed by atoms with E-state index in [0.29, 0.717) is 5.69 Å². The standard InChI is InChI=1S/C14H13F2NO/c1-9-4-5-17-13(6-9)14(18)7-10-2-3-11(15)8-12(10)16/h2-6,8,14,18H,7H2,1H3. The maximum Gasteiger partial charge on any atom is 0.129 e. The molecule has 94 valence electrons. The Bertz CT molecular complexity index is 557. The molecule has 0 fully saturated rings. The first-order chi connectivity index (χ1) is 8.56. The van der Waals surface area contributed by atoms with Gasteiger partial charge in [0.05, 0.1) is 5.69 Å². The summed E-state index contributed by atoms with van der Waals surface area (Å²) in [7, 11) is 0. The molecule has 1 N–H and O–H groups in total. The van der Waals surface area contributed by atoms with Gasteiger partial charge in [-0.2, -0.15) is 0 Å². The summed E-state index contributed by atoms with van der Waals surface area (Å²) in [6.07, 6.45) is 0.766. The summed E-state index contributed by atoms with van der Waals surface area (Å²) >= 11 is 0. The van der Waals surface area contributed by atoms with Crippen LogP contribution in [-0.2, 0) is 6.42 Å². The Morgan fingerprint density at radius 2 is 2.00 bits per heavy atom. The zero-order valence-corrected chi connectivity index (χ0v) is 9.90. The van der Waals surface area contributed by atoms with Crippen molar-refractivity contribution in [2.75, 3.05) is 0 Å². The van der Waals surface area contributed by atoms with Crippen LogP contribution in [0.3, 0.4) is 0 Å². The number of hydrogen-bond acceptors (Lipinski definition) is 2. The summed E-state index contributed by atoms with van der Waals surface area (Å²) in [6.45, 7) is 1.89. The van der Waals surface area contributed by atoms with E-state index >= 15 is 0 Å². The molecule has 1 unspecified atom stereocenters. The summed E-state index contributed by atoms with van der Waals surface area (Å²) in [6, 6.07) is 6.88. The molecule has 1 aromatic heterocycles. The molecule has 1 heterocycles. The number of pyridine rings is 1. The van der Waals surface area contributed by atoms with Gasteiger partial charge in [-0.3, -0.25) is 4.98 Å². The van der Waals surface area contributed by atoms with Crippen LogP contribution in [0.15, 0.2) is 36.5 Å². The van der Waals surface area contributed by atoms with Gasteiger partial charge in [-0.05, 0) is 36.2 Å². The van der Waals surface area contributed by atoms with Crippen LogP contribution in [-0.4, -0.2) is 10.1 Å². The molecule has 0 aliphatic heterocycles. The topological polar surface area (TPSA) is 33.1 Å². The largest absolute Gasteiger partial charge is 0.386 e. The fourth-order valence-corrected chi connectivity index (χ4v) is 1.74. The highest BCUT2D eigenvalue weighted by atomic mass is 19.1. The second-order valence-electron chi connectivity index (χ2n) is 4.21. The average Bonchev–Trinajstić information content (AvgIpc) is 2.32. The van der Waals surface area contributed by atoms with E-state index in [1.807, 2.05) is 13.0 Å². The second-order valence-corrected chi connectivity index (χ2v) is 4.21. The van der Waals surface area contributed by atoms with Gasteiger partial charge in [0.15, 0.2) is 0 Å². The third-order valence-electron chi connectivity index (χ3n) is 2.71. The SMILES string of the molecule is Cc1ccnc(C(O)Cc2ccc(F)cc2F)c1. The lowest BCUT2D eigenvalue weighted by atomic mass is 10.0. The minimum absolute atomic E-state index is 0.0720. The van der Waals surface area contributed by atoms with E-state index in [-0.39, 0.29) is 12.0 Å². The van der Waals surface area contributed by atoms with Crippen molar-refractivity contribution < 1.29 is 13.9 Å². The van der Waals surface area contributed by atoms with Crippen molar-refractivity contribution in [2.24, 2.45) is 0 Å². The first-order valence-corrected chi connectivity index (χ1v) is 5.61. The van der Waals surface area contributed by atoms with Crippen molar-refractivity contribution in [1.82, 2.24) is 4.98 Å². The van der Waals surface area contributed by atoms with Crippen molar-refractivity contribution in [3.63, 3.8) is 0 Å². The Labute approximate surface area is 104 Å². The summed E-state index contributed by atoms with van der Waals surface area (Å²) in [4.78, 5) is 4.04. The molecule has 2 aromatic rings. The first kappa shape index (κ1) is 12.6. The Kier molecular flexibility index (Phi) is 3.67. The summed E-state index contributed by atoms with van der Waals surface area (Å²) in [5.74, 6) is -1.28. The lowest BCUT2D eigenvalue weighted by Gasteiger charge is -2.11. The third kappa shape index (κ3) is 2.90. The highest BCUT2D eigenvalue weighted by molar-refractivity contribution is 5.22. The summed E-state index contributed by atoms with van der Waals surface area (Å²) in [5.41, 5.74) is 1.73. The number of aryl methyl sites for hydroxylation is 1. The molecule has 2 nitrogen and oxygen atoms in total. The maximum absolute atomic E-state index is 13.4. The van der Waals surface area contributed by atoms with Crippen molar-refractivity contribution >= 4 is 0 Å². The van der Waals surface area contributed by atoms with Crippen LogP contribution in [0.4, 0.5) is 8.78 Å². The Hall–Kier alpha value is -1.81. The number of rotatable bonds is 3. The van der Waals surface area contributed by atoms with Crippen molar-refractivity contribution in [2.45, 2.75) is 19.4 Å². The minimum atomic E-state index is -0.898. The van der Waals surface area contributed by atoms with Gasteiger partial charge in [0.25, 0.3) is 0 Å². The van der Waals surface area contributed by atoms with Crippen LogP contribution < -0.4 is 0 Å². The van der Waals surface area contributed by atoms with Gasteiger partial charge in [-0.1, -0.05) is 6.07 Å². The van der Waals surface area contributed by atoms with E-state index in [9.17, 15) is 13.9 Å². The molecular weight excluding hydrogens is 236 g/mol. The molecule has 0 radical (unpaired) electrons. The highest BCUT2D eigenvalue weighted by Gasteiger charge is 2.13. The summed E-state index contributed by atoms with van der Waals surface area (Å²) in [5, 5.41) is 9.97. The molecule has 18 heavy (non-hydrogen) atoms. The molecule has 0 amide bonds. The number of aliphatic hydroxyl groups is 1. The number of nitrogens with zero attached hydrogens (tertiary/aromatic N) is 1. The molecule has 4 heteroatoms. The van der Waals surface area contributed by atoms with Crippen LogP contribution >= 0.6 is 0 Å². The predicted octanol–water partition coefficient (Wildman–Crippen LogP) is 2.94. The van der Waals surface area contributed by atoms with Crippen LogP contribution in [0.25, 0.3) is 0 Å². The van der Waals surface area contributed by atoms with Gasteiger partial charge < -0.3 is 5.11 Å². The van der Waals surface area contributed by atoms with Gasteiger partial charge in [-0.25, -0.2) is 8.78 Å². The predicted molar refractivity (Wildman–Crippen MR) is 64.0 cm³/mol. The van der Waals surface area contributed by atoms with Crippen molar-refractivity contribution in [3.05, 3.63) is 65.0 Å². The fraction of sp³-hybridized carbons (Fsp3) is 0.214. The Morgan fingerprint density at radius 3 is 2.67 bits per heavy atom. The molecule has 1 aromatic carbocycles. The zero-order valence-electron chi connectivity index (χ0n) is 9.90.